The van der Waals surface area contributed by atoms with Gasteiger partial charge in [-0.3, -0.25) is 4.79 Å². The van der Waals surface area contributed by atoms with Crippen molar-refractivity contribution in [3.8, 4) is 6.07 Å². The van der Waals surface area contributed by atoms with Crippen LogP contribution in [0.2, 0.25) is 0 Å². The molecule has 0 saturated carbocycles. The molecule has 0 radical (unpaired) electrons. The van der Waals surface area contributed by atoms with Gasteiger partial charge in [-0.15, -0.1) is 0 Å². The summed E-state index contributed by atoms with van der Waals surface area (Å²) < 4.78 is 0. The van der Waals surface area contributed by atoms with Gasteiger partial charge in [0.25, 0.3) is 0 Å². The molecule has 0 bridgehead atoms. The molecule has 0 amide bonds. The Kier molecular flexibility index (Phi) is 2.01. The fourth-order valence-corrected chi connectivity index (χ4v) is 0.790. The van der Waals surface area contributed by atoms with Gasteiger partial charge >= 0.3 is 0 Å². The number of rotatable bonds is 1. The van der Waals surface area contributed by atoms with E-state index in [0.29, 0.717) is 12.8 Å². The molecule has 0 aromatic carbocycles. The molecule has 0 aliphatic heterocycles. The molecular formula is C8H7NO. The highest BCUT2D eigenvalue weighted by Gasteiger charge is 2.01. The van der Waals surface area contributed by atoms with E-state index in [2.05, 4.69) is 0 Å². The van der Waals surface area contributed by atoms with Crippen LogP contribution in [0.5, 0.6) is 0 Å². The highest BCUT2D eigenvalue weighted by molar-refractivity contribution is 5.92. The number of nitriles is 1. The van der Waals surface area contributed by atoms with Crippen LogP contribution in [0.15, 0.2) is 23.8 Å². The molecule has 0 aromatic heterocycles. The van der Waals surface area contributed by atoms with Crippen molar-refractivity contribution in [3.05, 3.63) is 23.8 Å². The molecule has 0 heterocycles. The number of hydrogen-bond acceptors (Lipinski definition) is 2. The standard InChI is InChI=1S/C8H7NO/c9-6-5-7-1-3-8(10)4-2-7/h1-3H,4-5H2. The summed E-state index contributed by atoms with van der Waals surface area (Å²) in [5.41, 5.74) is 0.946. The zero-order valence-electron chi connectivity index (χ0n) is 5.50. The van der Waals surface area contributed by atoms with Gasteiger partial charge in [-0.1, -0.05) is 12.2 Å². The minimum Gasteiger partial charge on any atom is -0.295 e. The summed E-state index contributed by atoms with van der Waals surface area (Å²) in [5.74, 6) is 0.113. The maximum Gasteiger partial charge on any atom is 0.159 e. The van der Waals surface area contributed by atoms with Crippen LogP contribution in [-0.2, 0) is 4.79 Å². The van der Waals surface area contributed by atoms with E-state index in [1.165, 1.54) is 6.08 Å². The lowest BCUT2D eigenvalue weighted by Gasteiger charge is -1.99. The molecule has 1 rings (SSSR count). The molecule has 2 nitrogen and oxygen atoms in total. The number of nitrogens with zero attached hydrogens (tertiary/aromatic N) is 1. The van der Waals surface area contributed by atoms with Crippen molar-refractivity contribution in [2.45, 2.75) is 12.8 Å². The van der Waals surface area contributed by atoms with Gasteiger partial charge in [0.15, 0.2) is 5.78 Å². The second-order valence-corrected chi connectivity index (χ2v) is 2.12. The van der Waals surface area contributed by atoms with E-state index in [9.17, 15) is 4.79 Å². The molecule has 0 aromatic rings. The van der Waals surface area contributed by atoms with E-state index < -0.39 is 0 Å². The number of allylic oxidation sites excluding steroid dienone is 4. The summed E-state index contributed by atoms with van der Waals surface area (Å²) in [6.07, 6.45) is 5.88. The van der Waals surface area contributed by atoms with Crippen LogP contribution in [0, 0.1) is 11.3 Å². The first kappa shape index (κ1) is 6.76. The Balaban J connectivity index is 2.60. The minimum atomic E-state index is 0.113. The Morgan fingerprint density at radius 1 is 1.60 bits per heavy atom. The molecule has 0 fully saturated rings. The van der Waals surface area contributed by atoms with Gasteiger partial charge in [-0.05, 0) is 11.6 Å². The molecule has 0 saturated heterocycles. The first-order valence-electron chi connectivity index (χ1n) is 3.10. The lowest BCUT2D eigenvalue weighted by molar-refractivity contribution is -0.113. The molecule has 0 spiro atoms. The summed E-state index contributed by atoms with van der Waals surface area (Å²) in [7, 11) is 0. The van der Waals surface area contributed by atoms with Crippen LogP contribution in [0.1, 0.15) is 12.8 Å². The fourth-order valence-electron chi connectivity index (χ4n) is 0.790. The zero-order chi connectivity index (χ0) is 7.40. The highest BCUT2D eigenvalue weighted by atomic mass is 16.1. The third kappa shape index (κ3) is 1.56. The van der Waals surface area contributed by atoms with E-state index in [1.807, 2.05) is 6.07 Å². The molecule has 1 aliphatic rings. The molecular weight excluding hydrogens is 126 g/mol. The van der Waals surface area contributed by atoms with Crippen LogP contribution in [-0.4, -0.2) is 5.78 Å². The lowest BCUT2D eigenvalue weighted by Crippen LogP contribution is -1.95. The molecule has 0 unspecified atom stereocenters. The number of carbonyl (C=O) groups excluding carboxylic acids is 1. The smallest absolute Gasteiger partial charge is 0.159 e. The van der Waals surface area contributed by atoms with E-state index in [4.69, 9.17) is 5.26 Å². The Morgan fingerprint density at radius 3 is 2.90 bits per heavy atom. The molecule has 0 atom stereocenters. The minimum absolute atomic E-state index is 0.113. The largest absolute Gasteiger partial charge is 0.295 e. The Bertz CT molecular complexity index is 242. The van der Waals surface area contributed by atoms with Crippen molar-refractivity contribution < 1.29 is 4.79 Å². The molecule has 2 heteroatoms. The first-order valence-corrected chi connectivity index (χ1v) is 3.10. The predicted molar refractivity (Wildman–Crippen MR) is 37.1 cm³/mol. The third-order valence-corrected chi connectivity index (χ3v) is 1.33. The molecule has 0 N–H and O–H groups in total. The molecule has 50 valence electrons. The van der Waals surface area contributed by atoms with Gasteiger partial charge in [0.2, 0.25) is 0 Å². The SMILES string of the molecule is N#CCC1=CCC(=O)C=C1. The van der Waals surface area contributed by atoms with Gasteiger partial charge in [-0.25, -0.2) is 0 Å². The summed E-state index contributed by atoms with van der Waals surface area (Å²) in [5, 5.41) is 8.27. The second kappa shape index (κ2) is 2.98. The molecule has 1 aliphatic carbocycles. The van der Waals surface area contributed by atoms with Crippen LogP contribution in [0.4, 0.5) is 0 Å². The Hall–Kier alpha value is -1.36. The number of ketones is 1. The average molecular weight is 133 g/mol. The van der Waals surface area contributed by atoms with E-state index >= 15 is 0 Å². The van der Waals surface area contributed by atoms with Crippen molar-refractivity contribution in [1.29, 1.82) is 5.26 Å². The van der Waals surface area contributed by atoms with Crippen molar-refractivity contribution in [3.63, 3.8) is 0 Å². The maximum absolute atomic E-state index is 10.6. The van der Waals surface area contributed by atoms with Gasteiger partial charge < -0.3 is 0 Å². The van der Waals surface area contributed by atoms with Crippen LogP contribution in [0.25, 0.3) is 0 Å². The predicted octanol–water partition coefficient (Wildman–Crippen LogP) is 1.36. The van der Waals surface area contributed by atoms with Gasteiger partial charge in [0.05, 0.1) is 12.5 Å². The van der Waals surface area contributed by atoms with Gasteiger partial charge in [0, 0.05) is 6.42 Å². The van der Waals surface area contributed by atoms with E-state index in [0.717, 1.165) is 5.57 Å². The highest BCUT2D eigenvalue weighted by Crippen LogP contribution is 2.09. The first-order chi connectivity index (χ1) is 4.83. The van der Waals surface area contributed by atoms with E-state index in [-0.39, 0.29) is 5.78 Å². The van der Waals surface area contributed by atoms with Crippen LogP contribution >= 0.6 is 0 Å². The van der Waals surface area contributed by atoms with Crippen molar-refractivity contribution >= 4 is 5.78 Å². The number of hydrogen-bond donors (Lipinski definition) is 0. The van der Waals surface area contributed by atoms with E-state index in [1.54, 1.807) is 12.2 Å². The topological polar surface area (TPSA) is 40.9 Å². The van der Waals surface area contributed by atoms with Crippen LogP contribution < -0.4 is 0 Å². The third-order valence-electron chi connectivity index (χ3n) is 1.33. The fraction of sp³-hybridized carbons (Fsp3) is 0.250. The van der Waals surface area contributed by atoms with Crippen molar-refractivity contribution in [2.75, 3.05) is 0 Å². The maximum atomic E-state index is 10.6. The summed E-state index contributed by atoms with van der Waals surface area (Å²) >= 11 is 0. The summed E-state index contributed by atoms with van der Waals surface area (Å²) in [6.45, 7) is 0. The summed E-state index contributed by atoms with van der Waals surface area (Å²) in [4.78, 5) is 10.6. The van der Waals surface area contributed by atoms with Crippen molar-refractivity contribution in [1.82, 2.24) is 0 Å². The number of carbonyl (C=O) groups is 1. The average Bonchev–Trinajstić information content (AvgIpc) is 1.95. The lowest BCUT2D eigenvalue weighted by atomic mass is 10.0. The second-order valence-electron chi connectivity index (χ2n) is 2.12. The van der Waals surface area contributed by atoms with Gasteiger partial charge in [0.1, 0.15) is 0 Å². The molecule has 10 heavy (non-hydrogen) atoms. The summed E-state index contributed by atoms with van der Waals surface area (Å²) in [6, 6.07) is 2.02. The van der Waals surface area contributed by atoms with Crippen molar-refractivity contribution in [2.24, 2.45) is 0 Å². The quantitative estimate of drug-likeness (QED) is 0.541. The monoisotopic (exact) mass is 133 g/mol. The zero-order valence-corrected chi connectivity index (χ0v) is 5.50. The normalized spacial score (nSPS) is 16.3. The van der Waals surface area contributed by atoms with Crippen LogP contribution in [0.3, 0.4) is 0 Å². The van der Waals surface area contributed by atoms with Gasteiger partial charge in [-0.2, -0.15) is 5.26 Å². The Labute approximate surface area is 59.5 Å². The Morgan fingerprint density at radius 2 is 2.40 bits per heavy atom.